The highest BCUT2D eigenvalue weighted by Crippen LogP contribution is 2.22. The van der Waals surface area contributed by atoms with E-state index < -0.39 is 0 Å². The van der Waals surface area contributed by atoms with Crippen molar-refractivity contribution < 1.29 is 13.9 Å². The summed E-state index contributed by atoms with van der Waals surface area (Å²) in [4.78, 5) is 20.6. The first kappa shape index (κ1) is 20.5. The standard InChI is InChI=1S/C23H24FN3O2/c1-2-3-4-5-14-25-22(28)18-8-6-17(7-9-18)19-15-26-23(27-16-19)29-21-12-10-20(24)11-13-21/h6-13,15-16H,2-5,14H2,1H3,(H,25,28). The molecule has 1 aromatic heterocycles. The second kappa shape index (κ2) is 10.3. The maximum absolute atomic E-state index is 12.9. The summed E-state index contributed by atoms with van der Waals surface area (Å²) in [6, 6.07) is 13.1. The summed E-state index contributed by atoms with van der Waals surface area (Å²) in [5.41, 5.74) is 2.34. The molecule has 3 aromatic rings. The van der Waals surface area contributed by atoms with Crippen molar-refractivity contribution in [1.82, 2.24) is 15.3 Å². The number of unbranched alkanes of at least 4 members (excludes halogenated alkanes) is 3. The first-order valence-electron chi connectivity index (χ1n) is 9.80. The number of aromatic nitrogens is 2. The molecule has 150 valence electrons. The first-order valence-corrected chi connectivity index (χ1v) is 9.80. The van der Waals surface area contributed by atoms with Gasteiger partial charge in [0, 0.05) is 30.1 Å². The van der Waals surface area contributed by atoms with Gasteiger partial charge in [-0.2, -0.15) is 0 Å². The summed E-state index contributed by atoms with van der Waals surface area (Å²) < 4.78 is 18.4. The molecule has 0 unspecified atom stereocenters. The number of amides is 1. The van der Waals surface area contributed by atoms with E-state index in [4.69, 9.17) is 4.74 Å². The lowest BCUT2D eigenvalue weighted by atomic mass is 10.1. The molecule has 0 aliphatic heterocycles. The van der Waals surface area contributed by atoms with E-state index in [0.29, 0.717) is 17.9 Å². The normalized spacial score (nSPS) is 10.6. The van der Waals surface area contributed by atoms with Gasteiger partial charge in [-0.25, -0.2) is 14.4 Å². The van der Waals surface area contributed by atoms with Gasteiger partial charge in [0.15, 0.2) is 0 Å². The lowest BCUT2D eigenvalue weighted by molar-refractivity contribution is 0.0953. The number of nitrogens with zero attached hydrogens (tertiary/aromatic N) is 2. The van der Waals surface area contributed by atoms with Gasteiger partial charge < -0.3 is 10.1 Å². The molecule has 0 bridgehead atoms. The summed E-state index contributed by atoms with van der Waals surface area (Å²) in [5.74, 6) is 0.0683. The number of hydrogen-bond acceptors (Lipinski definition) is 4. The van der Waals surface area contributed by atoms with Gasteiger partial charge in [0.2, 0.25) is 0 Å². The van der Waals surface area contributed by atoms with Crippen LogP contribution in [0, 0.1) is 5.82 Å². The Kier molecular flexibility index (Phi) is 7.28. The van der Waals surface area contributed by atoms with Crippen LogP contribution in [0.3, 0.4) is 0 Å². The Bertz CT molecular complexity index is 910. The third kappa shape index (κ3) is 6.10. The molecule has 3 rings (SSSR count). The molecule has 0 fully saturated rings. The van der Waals surface area contributed by atoms with Crippen LogP contribution in [0.25, 0.3) is 11.1 Å². The minimum Gasteiger partial charge on any atom is -0.424 e. The molecule has 0 atom stereocenters. The van der Waals surface area contributed by atoms with Crippen LogP contribution in [0.4, 0.5) is 4.39 Å². The topological polar surface area (TPSA) is 64.1 Å². The third-order valence-electron chi connectivity index (χ3n) is 4.45. The second-order valence-electron chi connectivity index (χ2n) is 6.70. The van der Waals surface area contributed by atoms with Gasteiger partial charge in [-0.15, -0.1) is 0 Å². The fraction of sp³-hybridized carbons (Fsp3) is 0.261. The van der Waals surface area contributed by atoms with Crippen molar-refractivity contribution in [2.45, 2.75) is 32.6 Å². The minimum atomic E-state index is -0.331. The first-order chi connectivity index (χ1) is 14.2. The average Bonchev–Trinajstić information content (AvgIpc) is 2.76. The number of hydrogen-bond donors (Lipinski definition) is 1. The summed E-state index contributed by atoms with van der Waals surface area (Å²) in [5, 5.41) is 2.95. The molecule has 1 heterocycles. The molecular weight excluding hydrogens is 369 g/mol. The minimum absolute atomic E-state index is 0.0626. The van der Waals surface area contributed by atoms with E-state index in [9.17, 15) is 9.18 Å². The SMILES string of the molecule is CCCCCCNC(=O)c1ccc(-c2cnc(Oc3ccc(F)cc3)nc2)cc1. The lowest BCUT2D eigenvalue weighted by Crippen LogP contribution is -2.24. The van der Waals surface area contributed by atoms with Crippen molar-refractivity contribution in [1.29, 1.82) is 0 Å². The predicted octanol–water partition coefficient (Wildman–Crippen LogP) is 5.39. The van der Waals surface area contributed by atoms with Gasteiger partial charge in [-0.1, -0.05) is 38.3 Å². The molecule has 0 radical (unpaired) electrons. The molecule has 2 aromatic carbocycles. The maximum Gasteiger partial charge on any atom is 0.321 e. The van der Waals surface area contributed by atoms with Crippen molar-refractivity contribution in [2.24, 2.45) is 0 Å². The van der Waals surface area contributed by atoms with E-state index in [-0.39, 0.29) is 17.7 Å². The molecule has 0 aliphatic rings. The highest BCUT2D eigenvalue weighted by Gasteiger charge is 2.07. The van der Waals surface area contributed by atoms with Gasteiger partial charge >= 0.3 is 6.01 Å². The molecule has 6 heteroatoms. The number of carbonyl (C=O) groups is 1. The number of halogens is 1. The molecule has 1 amide bonds. The molecule has 0 spiro atoms. The van der Waals surface area contributed by atoms with Crippen molar-refractivity contribution in [3.05, 3.63) is 72.3 Å². The quantitative estimate of drug-likeness (QED) is 0.495. The molecule has 0 saturated heterocycles. The Balaban J connectivity index is 1.56. The van der Waals surface area contributed by atoms with Gasteiger partial charge in [-0.3, -0.25) is 4.79 Å². The second-order valence-corrected chi connectivity index (χ2v) is 6.70. The van der Waals surface area contributed by atoms with Crippen LogP contribution in [-0.4, -0.2) is 22.4 Å². The van der Waals surface area contributed by atoms with Crippen molar-refractivity contribution >= 4 is 5.91 Å². The molecular formula is C23H24FN3O2. The van der Waals surface area contributed by atoms with Crippen LogP contribution in [0.2, 0.25) is 0 Å². The predicted molar refractivity (Wildman–Crippen MR) is 110 cm³/mol. The zero-order valence-electron chi connectivity index (χ0n) is 16.4. The zero-order valence-corrected chi connectivity index (χ0v) is 16.4. The van der Waals surface area contributed by atoms with E-state index >= 15 is 0 Å². The monoisotopic (exact) mass is 393 g/mol. The van der Waals surface area contributed by atoms with Crippen LogP contribution in [0.1, 0.15) is 43.0 Å². The van der Waals surface area contributed by atoms with E-state index in [0.717, 1.165) is 24.0 Å². The number of nitrogens with one attached hydrogen (secondary N) is 1. The van der Waals surface area contributed by atoms with Crippen molar-refractivity contribution in [2.75, 3.05) is 6.54 Å². The van der Waals surface area contributed by atoms with Crippen LogP contribution < -0.4 is 10.1 Å². The summed E-state index contributed by atoms with van der Waals surface area (Å²) in [6.07, 6.45) is 7.81. The Morgan fingerprint density at radius 2 is 1.62 bits per heavy atom. The van der Waals surface area contributed by atoms with E-state index in [1.165, 1.54) is 37.1 Å². The van der Waals surface area contributed by atoms with Crippen molar-refractivity contribution in [3.63, 3.8) is 0 Å². The van der Waals surface area contributed by atoms with Gasteiger partial charge in [0.05, 0.1) is 0 Å². The third-order valence-corrected chi connectivity index (χ3v) is 4.45. The number of rotatable bonds is 9. The Labute approximate surface area is 170 Å². The zero-order chi connectivity index (χ0) is 20.5. The Hall–Kier alpha value is -3.28. The van der Waals surface area contributed by atoms with E-state index in [1.807, 2.05) is 12.1 Å². The summed E-state index contributed by atoms with van der Waals surface area (Å²) >= 11 is 0. The van der Waals surface area contributed by atoms with Crippen LogP contribution >= 0.6 is 0 Å². The molecule has 1 N–H and O–H groups in total. The molecule has 0 saturated carbocycles. The highest BCUT2D eigenvalue weighted by molar-refractivity contribution is 5.94. The number of benzene rings is 2. The number of ether oxygens (including phenoxy) is 1. The smallest absolute Gasteiger partial charge is 0.321 e. The van der Waals surface area contributed by atoms with Crippen LogP contribution in [-0.2, 0) is 0 Å². The van der Waals surface area contributed by atoms with Crippen LogP contribution in [0.5, 0.6) is 11.8 Å². The summed E-state index contributed by atoms with van der Waals surface area (Å²) in [6.45, 7) is 2.86. The molecule has 0 aliphatic carbocycles. The highest BCUT2D eigenvalue weighted by atomic mass is 19.1. The Morgan fingerprint density at radius 3 is 2.28 bits per heavy atom. The van der Waals surface area contributed by atoms with E-state index in [2.05, 4.69) is 22.2 Å². The lowest BCUT2D eigenvalue weighted by Gasteiger charge is -2.07. The van der Waals surface area contributed by atoms with Crippen molar-refractivity contribution in [3.8, 4) is 22.9 Å². The Morgan fingerprint density at radius 1 is 0.931 bits per heavy atom. The molecule has 29 heavy (non-hydrogen) atoms. The van der Waals surface area contributed by atoms with Gasteiger partial charge in [0.1, 0.15) is 11.6 Å². The van der Waals surface area contributed by atoms with Crippen LogP contribution in [0.15, 0.2) is 60.9 Å². The fourth-order valence-electron chi connectivity index (χ4n) is 2.80. The number of carbonyl (C=O) groups excluding carboxylic acids is 1. The average molecular weight is 393 g/mol. The maximum atomic E-state index is 12.9. The van der Waals surface area contributed by atoms with Gasteiger partial charge in [0.25, 0.3) is 5.91 Å². The molecule has 5 nitrogen and oxygen atoms in total. The van der Waals surface area contributed by atoms with Gasteiger partial charge in [-0.05, 0) is 48.4 Å². The fourth-order valence-corrected chi connectivity index (χ4v) is 2.80. The summed E-state index contributed by atoms with van der Waals surface area (Å²) in [7, 11) is 0. The largest absolute Gasteiger partial charge is 0.424 e. The van der Waals surface area contributed by atoms with E-state index in [1.54, 1.807) is 24.5 Å².